The van der Waals surface area contributed by atoms with Crippen LogP contribution >= 0.6 is 0 Å². The van der Waals surface area contributed by atoms with Gasteiger partial charge in [-0.1, -0.05) is 48.5 Å². The third-order valence-corrected chi connectivity index (χ3v) is 6.54. The molecule has 10 heteroatoms. The number of nitrogens with one attached hydrogen (secondary N) is 2. The molecule has 0 bridgehead atoms. The normalized spacial score (nSPS) is 15.4. The molecule has 0 aromatic heterocycles. The van der Waals surface area contributed by atoms with Crippen molar-refractivity contribution in [1.29, 1.82) is 0 Å². The van der Waals surface area contributed by atoms with E-state index >= 15 is 0 Å². The van der Waals surface area contributed by atoms with Gasteiger partial charge in [0.05, 0.1) is 25.6 Å². The van der Waals surface area contributed by atoms with Crippen molar-refractivity contribution in [3.05, 3.63) is 95.8 Å². The summed E-state index contributed by atoms with van der Waals surface area (Å²) in [6, 6.07) is 20.2. The molecule has 0 aliphatic carbocycles. The SMILES string of the molecule is COC(=O)CC(c1cccc(F)c1)N(C=O)C1CC(=O)N(c2cccc(NC(=O)NCc3ccccc3)c2)C1. The summed E-state index contributed by atoms with van der Waals surface area (Å²) in [5.74, 6) is -1.30. The fraction of sp³-hybridized carbons (Fsp3) is 0.241. The van der Waals surface area contributed by atoms with E-state index in [1.165, 1.54) is 35.1 Å². The van der Waals surface area contributed by atoms with Gasteiger partial charge in [-0.2, -0.15) is 0 Å². The first-order chi connectivity index (χ1) is 18.9. The summed E-state index contributed by atoms with van der Waals surface area (Å²) in [6.07, 6.45) is 0.400. The van der Waals surface area contributed by atoms with E-state index in [2.05, 4.69) is 10.6 Å². The van der Waals surface area contributed by atoms with Gasteiger partial charge in [0.25, 0.3) is 0 Å². The lowest BCUT2D eigenvalue weighted by Crippen LogP contribution is -2.40. The molecule has 202 valence electrons. The first-order valence-electron chi connectivity index (χ1n) is 12.4. The third-order valence-electron chi connectivity index (χ3n) is 6.54. The number of hydrogen-bond acceptors (Lipinski definition) is 5. The van der Waals surface area contributed by atoms with Crippen molar-refractivity contribution in [2.75, 3.05) is 23.9 Å². The van der Waals surface area contributed by atoms with Gasteiger partial charge in [0.2, 0.25) is 12.3 Å². The Hall–Kier alpha value is -4.73. The second-order valence-electron chi connectivity index (χ2n) is 9.11. The van der Waals surface area contributed by atoms with Crippen molar-refractivity contribution in [3.63, 3.8) is 0 Å². The smallest absolute Gasteiger partial charge is 0.319 e. The largest absolute Gasteiger partial charge is 0.469 e. The molecule has 0 radical (unpaired) electrons. The van der Waals surface area contributed by atoms with E-state index in [0.717, 1.165) is 5.56 Å². The van der Waals surface area contributed by atoms with Gasteiger partial charge in [-0.3, -0.25) is 14.4 Å². The topological polar surface area (TPSA) is 108 Å². The van der Waals surface area contributed by atoms with Crippen LogP contribution in [-0.2, 0) is 25.7 Å². The lowest BCUT2D eigenvalue weighted by atomic mass is 10.00. The van der Waals surface area contributed by atoms with Crippen LogP contribution in [0.1, 0.15) is 30.0 Å². The van der Waals surface area contributed by atoms with Crippen LogP contribution in [0.5, 0.6) is 0 Å². The Bertz CT molecular complexity index is 1340. The Morgan fingerprint density at radius 2 is 1.87 bits per heavy atom. The molecule has 2 unspecified atom stereocenters. The minimum atomic E-state index is -0.815. The number of ether oxygens (including phenoxy) is 1. The number of urea groups is 1. The quantitative estimate of drug-likeness (QED) is 0.303. The standard InChI is InChI=1S/C29H29FN4O5/c1-39-28(37)16-26(21-9-5-10-22(30)13-21)34(19-35)25-15-27(36)33(18-25)24-12-6-11-23(14-24)32-29(38)31-17-20-7-3-2-4-8-20/h2-14,19,25-26H,15-18H2,1H3,(H2,31,32,38). The van der Waals surface area contributed by atoms with Crippen molar-refractivity contribution in [3.8, 4) is 0 Å². The molecule has 4 rings (SSSR count). The molecule has 1 saturated heterocycles. The fourth-order valence-corrected chi connectivity index (χ4v) is 4.61. The number of rotatable bonds is 10. The molecule has 1 heterocycles. The third kappa shape index (κ3) is 6.98. The number of amides is 4. The molecular weight excluding hydrogens is 503 g/mol. The Labute approximate surface area is 225 Å². The van der Waals surface area contributed by atoms with Gasteiger partial charge in [0.1, 0.15) is 5.82 Å². The molecule has 1 fully saturated rings. The lowest BCUT2D eigenvalue weighted by Gasteiger charge is -2.33. The first-order valence-corrected chi connectivity index (χ1v) is 12.4. The van der Waals surface area contributed by atoms with Crippen molar-refractivity contribution < 1.29 is 28.3 Å². The van der Waals surface area contributed by atoms with Gasteiger partial charge < -0.3 is 25.2 Å². The highest BCUT2D eigenvalue weighted by Crippen LogP contribution is 2.32. The van der Waals surface area contributed by atoms with Gasteiger partial charge >= 0.3 is 12.0 Å². The molecule has 39 heavy (non-hydrogen) atoms. The van der Waals surface area contributed by atoms with Crippen LogP contribution in [0.25, 0.3) is 0 Å². The molecule has 1 aliphatic rings. The maximum absolute atomic E-state index is 14.0. The minimum Gasteiger partial charge on any atom is -0.469 e. The molecule has 0 spiro atoms. The number of carbonyl (C=O) groups excluding carboxylic acids is 4. The number of esters is 1. The minimum absolute atomic E-state index is 0.0148. The van der Waals surface area contributed by atoms with Gasteiger partial charge in [-0.15, -0.1) is 0 Å². The Kier molecular flexibility index (Phi) is 8.88. The average Bonchev–Trinajstić information content (AvgIpc) is 3.33. The number of halogens is 1. The fourth-order valence-electron chi connectivity index (χ4n) is 4.61. The van der Waals surface area contributed by atoms with Crippen LogP contribution in [0.4, 0.5) is 20.6 Å². The van der Waals surface area contributed by atoms with Crippen LogP contribution in [0, 0.1) is 5.82 Å². The number of anilines is 2. The van der Waals surface area contributed by atoms with Gasteiger partial charge in [-0.05, 0) is 41.5 Å². The molecule has 0 saturated carbocycles. The number of methoxy groups -OCH3 is 1. The van der Waals surface area contributed by atoms with Crippen LogP contribution in [-0.4, -0.2) is 48.9 Å². The van der Waals surface area contributed by atoms with Crippen LogP contribution in [0.15, 0.2) is 78.9 Å². The number of nitrogens with zero attached hydrogens (tertiary/aromatic N) is 2. The Balaban J connectivity index is 1.47. The highest BCUT2D eigenvalue weighted by atomic mass is 19.1. The van der Waals surface area contributed by atoms with Crippen molar-refractivity contribution in [1.82, 2.24) is 10.2 Å². The highest BCUT2D eigenvalue weighted by Gasteiger charge is 2.38. The zero-order valence-corrected chi connectivity index (χ0v) is 21.4. The van der Waals surface area contributed by atoms with Crippen LogP contribution in [0.2, 0.25) is 0 Å². The van der Waals surface area contributed by atoms with Crippen molar-refractivity contribution in [2.45, 2.75) is 31.5 Å². The highest BCUT2D eigenvalue weighted by molar-refractivity contribution is 5.97. The van der Waals surface area contributed by atoms with Crippen LogP contribution in [0.3, 0.4) is 0 Å². The number of benzene rings is 3. The molecule has 2 atom stereocenters. The van der Waals surface area contributed by atoms with Crippen molar-refractivity contribution >= 4 is 35.7 Å². The molecule has 4 amide bonds. The summed E-state index contributed by atoms with van der Waals surface area (Å²) in [5.41, 5.74) is 2.42. The molecule has 2 N–H and O–H groups in total. The first kappa shape index (κ1) is 27.3. The number of hydrogen-bond donors (Lipinski definition) is 2. The van der Waals surface area contributed by atoms with E-state index in [1.54, 1.807) is 30.3 Å². The zero-order chi connectivity index (χ0) is 27.8. The van der Waals surface area contributed by atoms with E-state index in [-0.39, 0.29) is 25.3 Å². The summed E-state index contributed by atoms with van der Waals surface area (Å²) in [7, 11) is 1.24. The predicted octanol–water partition coefficient (Wildman–Crippen LogP) is 4.02. The van der Waals surface area contributed by atoms with Crippen LogP contribution < -0.4 is 15.5 Å². The van der Waals surface area contributed by atoms with Gasteiger partial charge in [0, 0.05) is 30.9 Å². The molecule has 1 aliphatic heterocycles. The molecule has 3 aromatic rings. The zero-order valence-electron chi connectivity index (χ0n) is 21.4. The average molecular weight is 533 g/mol. The summed E-state index contributed by atoms with van der Waals surface area (Å²) in [5, 5.41) is 5.55. The second kappa shape index (κ2) is 12.7. The lowest BCUT2D eigenvalue weighted by molar-refractivity contribution is -0.143. The Morgan fingerprint density at radius 3 is 2.59 bits per heavy atom. The second-order valence-corrected chi connectivity index (χ2v) is 9.11. The maximum atomic E-state index is 14.0. The maximum Gasteiger partial charge on any atom is 0.319 e. The Morgan fingerprint density at radius 1 is 1.10 bits per heavy atom. The molecular formula is C29H29FN4O5. The van der Waals surface area contributed by atoms with Gasteiger partial charge in [0.15, 0.2) is 0 Å². The summed E-state index contributed by atoms with van der Waals surface area (Å²) in [4.78, 5) is 52.7. The van der Waals surface area contributed by atoms with E-state index in [4.69, 9.17) is 4.74 Å². The molecule has 9 nitrogen and oxygen atoms in total. The molecule has 3 aromatic carbocycles. The summed E-state index contributed by atoms with van der Waals surface area (Å²) >= 11 is 0. The van der Waals surface area contributed by atoms with E-state index < -0.39 is 29.9 Å². The number of carbonyl (C=O) groups is 4. The van der Waals surface area contributed by atoms with E-state index in [0.29, 0.717) is 29.9 Å². The van der Waals surface area contributed by atoms with Gasteiger partial charge in [-0.25, -0.2) is 9.18 Å². The predicted molar refractivity (Wildman–Crippen MR) is 143 cm³/mol. The summed E-state index contributed by atoms with van der Waals surface area (Å²) < 4.78 is 18.8. The van der Waals surface area contributed by atoms with E-state index in [9.17, 15) is 23.6 Å². The monoisotopic (exact) mass is 532 g/mol. The van der Waals surface area contributed by atoms with Crippen molar-refractivity contribution in [2.24, 2.45) is 0 Å². The summed E-state index contributed by atoms with van der Waals surface area (Å²) in [6.45, 7) is 0.520. The van der Waals surface area contributed by atoms with E-state index in [1.807, 2.05) is 30.3 Å².